The molecule has 0 spiro atoms. The number of aromatic nitrogens is 1. The van der Waals surface area contributed by atoms with E-state index in [-0.39, 0.29) is 5.17 Å². The lowest BCUT2D eigenvalue weighted by Crippen LogP contribution is -2.43. The lowest BCUT2D eigenvalue weighted by atomic mass is 10.1. The Kier molecular flexibility index (Phi) is 6.25. The van der Waals surface area contributed by atoms with Crippen molar-refractivity contribution >= 4 is 45.6 Å². The molecule has 7 heteroatoms. The minimum Gasteiger partial charge on any atom is -0.429 e. The topological polar surface area (TPSA) is 40.6 Å². The molecule has 29 heavy (non-hydrogen) atoms. The van der Waals surface area contributed by atoms with Crippen molar-refractivity contribution < 1.29 is 4.74 Å². The minimum absolute atomic E-state index is 0.283. The number of para-hydroxylation sites is 1. The average molecular weight is 427 g/mol. The van der Waals surface area contributed by atoms with Gasteiger partial charge in [-0.2, -0.15) is 0 Å². The first-order valence-corrected chi connectivity index (χ1v) is 10.4. The number of anilines is 1. The predicted molar refractivity (Wildman–Crippen MR) is 123 cm³/mol. The molecule has 0 amide bonds. The van der Waals surface area contributed by atoms with E-state index in [1.54, 1.807) is 6.20 Å². The minimum atomic E-state index is 0.283. The number of halogens is 1. The second-order valence-electron chi connectivity index (χ2n) is 7.21. The maximum atomic E-state index is 6.57. The van der Waals surface area contributed by atoms with Crippen molar-refractivity contribution in [2.24, 2.45) is 0 Å². The largest absolute Gasteiger partial charge is 0.429 e. The summed E-state index contributed by atoms with van der Waals surface area (Å²) < 4.78 is 6.14. The SMILES string of the molecule is CN1CCN(Cc2cc(Cl)c3cccnc3c2OC(=S)Nc2ccccc2)CC1. The molecule has 1 aliphatic heterocycles. The molecule has 1 saturated heterocycles. The number of hydrogen-bond acceptors (Lipinski definition) is 5. The van der Waals surface area contributed by atoms with Crippen LogP contribution < -0.4 is 10.1 Å². The van der Waals surface area contributed by atoms with E-state index in [1.807, 2.05) is 48.5 Å². The van der Waals surface area contributed by atoms with Crippen molar-refractivity contribution in [3.63, 3.8) is 0 Å². The Morgan fingerprint density at radius 2 is 1.90 bits per heavy atom. The lowest BCUT2D eigenvalue weighted by molar-refractivity contribution is 0.147. The maximum Gasteiger partial charge on any atom is 0.266 e. The van der Waals surface area contributed by atoms with E-state index < -0.39 is 0 Å². The summed E-state index contributed by atoms with van der Waals surface area (Å²) in [6.45, 7) is 4.83. The van der Waals surface area contributed by atoms with Crippen LogP contribution >= 0.6 is 23.8 Å². The number of benzene rings is 2. The summed E-state index contributed by atoms with van der Waals surface area (Å²) in [5.74, 6) is 0.664. The predicted octanol–water partition coefficient (Wildman–Crippen LogP) is 4.41. The van der Waals surface area contributed by atoms with Crippen molar-refractivity contribution in [2.45, 2.75) is 6.54 Å². The van der Waals surface area contributed by atoms with Gasteiger partial charge >= 0.3 is 0 Å². The highest BCUT2D eigenvalue weighted by Crippen LogP contribution is 2.35. The Morgan fingerprint density at radius 3 is 2.66 bits per heavy atom. The Hall–Kier alpha value is -2.25. The molecule has 0 unspecified atom stereocenters. The van der Waals surface area contributed by atoms with Crippen molar-refractivity contribution in [2.75, 3.05) is 38.5 Å². The molecule has 2 heterocycles. The van der Waals surface area contributed by atoms with Gasteiger partial charge in [-0.3, -0.25) is 9.88 Å². The Balaban J connectivity index is 1.64. The van der Waals surface area contributed by atoms with Crippen molar-refractivity contribution in [1.29, 1.82) is 0 Å². The molecule has 0 bridgehead atoms. The van der Waals surface area contributed by atoms with Gasteiger partial charge in [0, 0.05) is 55.6 Å². The van der Waals surface area contributed by atoms with Crippen LogP contribution in [-0.2, 0) is 6.54 Å². The van der Waals surface area contributed by atoms with Gasteiger partial charge in [0.1, 0.15) is 5.52 Å². The average Bonchev–Trinajstić information content (AvgIpc) is 2.73. The van der Waals surface area contributed by atoms with Crippen molar-refractivity contribution in [3.05, 3.63) is 65.3 Å². The summed E-state index contributed by atoms with van der Waals surface area (Å²) in [7, 11) is 2.15. The van der Waals surface area contributed by atoms with Gasteiger partial charge in [-0.05, 0) is 49.6 Å². The number of fused-ring (bicyclic) bond motifs is 1. The summed E-state index contributed by atoms with van der Waals surface area (Å²) in [5.41, 5.74) is 2.59. The van der Waals surface area contributed by atoms with Gasteiger partial charge in [0.2, 0.25) is 0 Å². The highest BCUT2D eigenvalue weighted by atomic mass is 35.5. The molecule has 1 aliphatic rings. The van der Waals surface area contributed by atoms with Gasteiger partial charge in [0.15, 0.2) is 5.75 Å². The van der Waals surface area contributed by atoms with Crippen molar-refractivity contribution in [1.82, 2.24) is 14.8 Å². The number of rotatable bonds is 4. The highest BCUT2D eigenvalue weighted by molar-refractivity contribution is 7.80. The zero-order valence-electron chi connectivity index (χ0n) is 16.3. The molecule has 0 aliphatic carbocycles. The van der Waals surface area contributed by atoms with E-state index in [9.17, 15) is 0 Å². The van der Waals surface area contributed by atoms with Crippen LogP contribution in [0.3, 0.4) is 0 Å². The summed E-state index contributed by atoms with van der Waals surface area (Å²) in [6.07, 6.45) is 1.75. The first-order chi connectivity index (χ1) is 14.1. The Bertz CT molecular complexity index is 1010. The summed E-state index contributed by atoms with van der Waals surface area (Å²) in [6, 6.07) is 15.5. The standard InChI is InChI=1S/C22H23ClN4OS/c1-26-10-12-27(13-11-26)15-16-14-19(23)18-8-5-9-24-20(18)21(16)28-22(29)25-17-6-3-2-4-7-17/h2-9,14H,10-13,15H2,1H3,(H,25,29). The van der Waals surface area contributed by atoms with Gasteiger partial charge < -0.3 is 15.0 Å². The Morgan fingerprint density at radius 1 is 1.14 bits per heavy atom. The number of nitrogens with zero attached hydrogens (tertiary/aromatic N) is 3. The van der Waals surface area contributed by atoms with Crippen molar-refractivity contribution in [3.8, 4) is 5.75 Å². The molecule has 0 saturated carbocycles. The first-order valence-electron chi connectivity index (χ1n) is 9.61. The van der Waals surface area contributed by atoms with Crippen LogP contribution in [0.15, 0.2) is 54.7 Å². The Labute approximate surface area is 181 Å². The number of pyridine rings is 1. The second-order valence-corrected chi connectivity index (χ2v) is 7.98. The smallest absolute Gasteiger partial charge is 0.266 e. The van der Waals surface area contributed by atoms with E-state index in [0.29, 0.717) is 10.8 Å². The number of thiocarbonyl (C=S) groups is 1. The fourth-order valence-corrected chi connectivity index (χ4v) is 3.95. The van der Waals surface area contributed by atoms with E-state index in [2.05, 4.69) is 27.1 Å². The lowest BCUT2D eigenvalue weighted by Gasteiger charge is -2.32. The van der Waals surface area contributed by atoms with Gasteiger partial charge in [0.05, 0.1) is 5.02 Å². The van der Waals surface area contributed by atoms with Crippen LogP contribution in [-0.4, -0.2) is 53.2 Å². The molecule has 150 valence electrons. The molecule has 0 radical (unpaired) electrons. The molecule has 3 aromatic rings. The quantitative estimate of drug-likeness (QED) is 0.623. The molecule has 5 nitrogen and oxygen atoms in total. The van der Waals surface area contributed by atoms with E-state index in [4.69, 9.17) is 28.6 Å². The van der Waals surface area contributed by atoms with Crippen LogP contribution in [0.5, 0.6) is 5.75 Å². The third kappa shape index (κ3) is 4.85. The van der Waals surface area contributed by atoms with Crippen LogP contribution in [0, 0.1) is 0 Å². The molecule has 4 rings (SSSR count). The third-order valence-corrected chi connectivity index (χ3v) is 5.58. The normalized spacial score (nSPS) is 15.4. The number of piperazine rings is 1. The summed E-state index contributed by atoms with van der Waals surface area (Å²) >= 11 is 12.0. The molecule has 1 aromatic heterocycles. The molecular weight excluding hydrogens is 404 g/mol. The van der Waals surface area contributed by atoms with E-state index >= 15 is 0 Å². The van der Waals surface area contributed by atoms with Gasteiger partial charge in [-0.25, -0.2) is 0 Å². The van der Waals surface area contributed by atoms with Crippen LogP contribution in [0.4, 0.5) is 5.69 Å². The fraction of sp³-hybridized carbons (Fsp3) is 0.273. The van der Waals surface area contributed by atoms with Crippen LogP contribution in [0.1, 0.15) is 5.56 Å². The highest BCUT2D eigenvalue weighted by Gasteiger charge is 2.20. The first kappa shape index (κ1) is 20.0. The van der Waals surface area contributed by atoms with Crippen LogP contribution in [0.25, 0.3) is 10.9 Å². The molecule has 1 fully saturated rings. The zero-order valence-corrected chi connectivity index (χ0v) is 17.8. The maximum absolute atomic E-state index is 6.57. The van der Waals surface area contributed by atoms with Gasteiger partial charge in [0.25, 0.3) is 5.17 Å². The third-order valence-electron chi connectivity index (χ3n) is 5.08. The van der Waals surface area contributed by atoms with E-state index in [0.717, 1.165) is 54.9 Å². The van der Waals surface area contributed by atoms with Gasteiger partial charge in [-0.15, -0.1) is 0 Å². The molecular formula is C22H23ClN4OS. The van der Waals surface area contributed by atoms with E-state index in [1.165, 1.54) is 0 Å². The number of likely N-dealkylation sites (N-methyl/N-ethyl adjacent to an activating group) is 1. The summed E-state index contributed by atoms with van der Waals surface area (Å²) in [4.78, 5) is 9.28. The fourth-order valence-electron chi connectivity index (χ4n) is 3.46. The second kappa shape index (κ2) is 9.05. The number of ether oxygens (including phenoxy) is 1. The summed E-state index contributed by atoms with van der Waals surface area (Å²) in [5, 5.41) is 4.95. The molecule has 2 aromatic carbocycles. The number of nitrogens with one attached hydrogen (secondary N) is 1. The monoisotopic (exact) mass is 426 g/mol. The van der Waals surface area contributed by atoms with Crippen LogP contribution in [0.2, 0.25) is 5.02 Å². The number of hydrogen-bond donors (Lipinski definition) is 1. The molecule has 1 N–H and O–H groups in total. The molecule has 0 atom stereocenters. The van der Waals surface area contributed by atoms with Gasteiger partial charge in [-0.1, -0.05) is 29.8 Å². The zero-order chi connectivity index (χ0) is 20.2.